The SMILES string of the molecule is CCC[CH2][Sn]([CH2]CCC)([CH2]CCC)[c]1cc2ccccc2nn1. The van der Waals surface area contributed by atoms with Gasteiger partial charge in [0.25, 0.3) is 0 Å². The fraction of sp³-hybridized carbons (Fsp3) is 0.600. The summed E-state index contributed by atoms with van der Waals surface area (Å²) in [5.74, 6) is 0. The van der Waals surface area contributed by atoms with E-state index in [-0.39, 0.29) is 0 Å². The first kappa shape index (κ1) is 18.7. The van der Waals surface area contributed by atoms with Crippen molar-refractivity contribution in [2.24, 2.45) is 0 Å². The minimum absolute atomic E-state index is 1.04. The molecule has 0 spiro atoms. The maximum atomic E-state index is 4.78. The molecule has 0 fully saturated rings. The summed E-state index contributed by atoms with van der Waals surface area (Å²) in [4.78, 5) is 0. The number of benzene rings is 1. The molecule has 0 aliphatic heterocycles. The van der Waals surface area contributed by atoms with Gasteiger partial charge in [0.2, 0.25) is 0 Å². The van der Waals surface area contributed by atoms with E-state index in [1.165, 1.54) is 60.9 Å². The van der Waals surface area contributed by atoms with Gasteiger partial charge < -0.3 is 0 Å². The average Bonchev–Trinajstić information content (AvgIpc) is 2.61. The molecule has 0 saturated carbocycles. The quantitative estimate of drug-likeness (QED) is 0.463. The summed E-state index contributed by atoms with van der Waals surface area (Å²) in [6.45, 7) is 6.97. The normalized spacial score (nSPS) is 12.0. The fourth-order valence-corrected chi connectivity index (χ4v) is 18.8. The van der Waals surface area contributed by atoms with Crippen molar-refractivity contribution in [1.29, 1.82) is 0 Å². The summed E-state index contributed by atoms with van der Waals surface area (Å²) in [5.41, 5.74) is 1.04. The van der Waals surface area contributed by atoms with E-state index in [1.54, 1.807) is 0 Å². The van der Waals surface area contributed by atoms with Crippen LogP contribution in [0.2, 0.25) is 13.3 Å². The number of aromatic nitrogens is 2. The van der Waals surface area contributed by atoms with Gasteiger partial charge in [-0.1, -0.05) is 0 Å². The Balaban J connectivity index is 2.41. The molecule has 1 aromatic carbocycles. The van der Waals surface area contributed by atoms with Crippen LogP contribution in [-0.4, -0.2) is 28.6 Å². The Morgan fingerprint density at radius 2 is 1.35 bits per heavy atom. The molecule has 2 rings (SSSR count). The predicted molar refractivity (Wildman–Crippen MR) is 104 cm³/mol. The molecule has 2 aromatic rings. The Morgan fingerprint density at radius 3 is 1.91 bits per heavy atom. The predicted octanol–water partition coefficient (Wildman–Crippen LogP) is 5.69. The molecule has 3 heteroatoms. The van der Waals surface area contributed by atoms with Gasteiger partial charge in [0.1, 0.15) is 0 Å². The van der Waals surface area contributed by atoms with Gasteiger partial charge >= 0.3 is 146 Å². The third kappa shape index (κ3) is 4.91. The number of rotatable bonds is 10. The van der Waals surface area contributed by atoms with Gasteiger partial charge in [-0.05, 0) is 0 Å². The van der Waals surface area contributed by atoms with E-state index in [0.29, 0.717) is 0 Å². The molecular weight excluding hydrogens is 387 g/mol. The van der Waals surface area contributed by atoms with E-state index in [1.807, 2.05) is 0 Å². The molecule has 1 aromatic heterocycles. The zero-order valence-corrected chi connectivity index (χ0v) is 18.0. The summed E-state index contributed by atoms with van der Waals surface area (Å²) in [5, 5.41) is 10.6. The standard InChI is InChI=1S/C8H5N2.3C4H9.Sn/c1-2-4-8-7(3-1)5-6-9-10-8;3*1-3-4-2;/h1-5H;3*1,3-4H2,2H3;. The van der Waals surface area contributed by atoms with Crippen LogP contribution < -0.4 is 3.71 Å². The molecule has 0 bridgehead atoms. The molecule has 0 aliphatic rings. The molecule has 0 amide bonds. The van der Waals surface area contributed by atoms with Crippen molar-refractivity contribution in [3.8, 4) is 0 Å². The Morgan fingerprint density at radius 1 is 0.783 bits per heavy atom. The molecule has 0 radical (unpaired) electrons. The van der Waals surface area contributed by atoms with Crippen LogP contribution in [0.15, 0.2) is 30.3 Å². The number of hydrogen-bond donors (Lipinski definition) is 0. The van der Waals surface area contributed by atoms with Crippen molar-refractivity contribution >= 4 is 33.0 Å². The number of nitrogens with zero attached hydrogens (tertiary/aromatic N) is 2. The Kier molecular flexibility index (Phi) is 7.81. The molecule has 23 heavy (non-hydrogen) atoms. The first-order valence-corrected chi connectivity index (χ1v) is 17.0. The maximum absolute atomic E-state index is 4.78. The van der Waals surface area contributed by atoms with Gasteiger partial charge in [-0.15, -0.1) is 0 Å². The fourth-order valence-electron chi connectivity index (χ4n) is 3.55. The van der Waals surface area contributed by atoms with Crippen LogP contribution in [0.4, 0.5) is 0 Å². The van der Waals surface area contributed by atoms with E-state index < -0.39 is 18.4 Å². The van der Waals surface area contributed by atoms with E-state index in [0.717, 1.165) is 5.52 Å². The van der Waals surface area contributed by atoms with Crippen LogP contribution in [0.3, 0.4) is 0 Å². The van der Waals surface area contributed by atoms with Crippen LogP contribution >= 0.6 is 0 Å². The summed E-state index contributed by atoms with van der Waals surface area (Å²) >= 11 is -2.42. The van der Waals surface area contributed by atoms with Crippen molar-refractivity contribution in [3.05, 3.63) is 30.3 Å². The zero-order valence-electron chi connectivity index (χ0n) is 15.1. The Hall–Kier alpha value is -0.641. The summed E-state index contributed by atoms with van der Waals surface area (Å²) < 4.78 is 5.81. The number of hydrogen-bond acceptors (Lipinski definition) is 2. The molecule has 0 N–H and O–H groups in total. The third-order valence-corrected chi connectivity index (χ3v) is 20.1. The van der Waals surface area contributed by atoms with Crippen LogP contribution in [0.5, 0.6) is 0 Å². The average molecular weight is 419 g/mol. The van der Waals surface area contributed by atoms with Gasteiger partial charge in [0.05, 0.1) is 0 Å². The molecule has 1 heterocycles. The van der Waals surface area contributed by atoms with Crippen molar-refractivity contribution < 1.29 is 0 Å². The molecule has 0 aliphatic carbocycles. The summed E-state index contributed by atoms with van der Waals surface area (Å²) in [7, 11) is 0. The Labute approximate surface area is 146 Å². The molecular formula is C20H32N2Sn. The van der Waals surface area contributed by atoms with Crippen LogP contribution in [0.25, 0.3) is 10.9 Å². The van der Waals surface area contributed by atoms with Crippen LogP contribution in [0, 0.1) is 0 Å². The van der Waals surface area contributed by atoms with Gasteiger partial charge in [0, 0.05) is 0 Å². The minimum atomic E-state index is -2.42. The molecule has 2 nitrogen and oxygen atoms in total. The second-order valence-corrected chi connectivity index (χ2v) is 19.9. The Bertz CT molecular complexity index is 575. The van der Waals surface area contributed by atoms with Crippen LogP contribution in [0.1, 0.15) is 59.3 Å². The summed E-state index contributed by atoms with van der Waals surface area (Å²) in [6.07, 6.45) is 8.03. The van der Waals surface area contributed by atoms with Gasteiger partial charge in [-0.3, -0.25) is 0 Å². The van der Waals surface area contributed by atoms with E-state index in [2.05, 4.69) is 56.2 Å². The second-order valence-electron chi connectivity index (χ2n) is 6.88. The van der Waals surface area contributed by atoms with E-state index >= 15 is 0 Å². The molecule has 126 valence electrons. The third-order valence-electron chi connectivity index (χ3n) is 5.06. The number of unbranched alkanes of at least 4 members (excludes halogenated alkanes) is 3. The van der Waals surface area contributed by atoms with E-state index in [4.69, 9.17) is 5.10 Å². The zero-order chi connectivity index (χ0) is 16.5. The van der Waals surface area contributed by atoms with Gasteiger partial charge in [0.15, 0.2) is 0 Å². The first-order chi connectivity index (χ1) is 11.3. The second kappa shape index (κ2) is 9.61. The van der Waals surface area contributed by atoms with Crippen molar-refractivity contribution in [1.82, 2.24) is 10.2 Å². The van der Waals surface area contributed by atoms with E-state index in [9.17, 15) is 0 Å². The first-order valence-electron chi connectivity index (χ1n) is 9.48. The molecule has 0 saturated heterocycles. The van der Waals surface area contributed by atoms with Crippen LogP contribution in [-0.2, 0) is 0 Å². The molecule has 0 atom stereocenters. The number of fused-ring (bicyclic) bond motifs is 1. The van der Waals surface area contributed by atoms with Gasteiger partial charge in [-0.2, -0.15) is 0 Å². The molecule has 0 unspecified atom stereocenters. The summed E-state index contributed by atoms with van der Waals surface area (Å²) in [6, 6.07) is 10.9. The monoisotopic (exact) mass is 420 g/mol. The van der Waals surface area contributed by atoms with Gasteiger partial charge in [-0.25, -0.2) is 0 Å². The topological polar surface area (TPSA) is 25.8 Å². The van der Waals surface area contributed by atoms with Crippen molar-refractivity contribution in [2.45, 2.75) is 72.6 Å². The van der Waals surface area contributed by atoms with Crippen molar-refractivity contribution in [3.63, 3.8) is 0 Å². The van der Waals surface area contributed by atoms with Crippen molar-refractivity contribution in [2.75, 3.05) is 0 Å².